The average Bonchev–Trinajstić information content (AvgIpc) is 2.92. The number of aromatic carboxylic acids is 1. The normalized spacial score (nSPS) is 11.9. The van der Waals surface area contributed by atoms with Gasteiger partial charge < -0.3 is 15.7 Å². The standard InChI is InChI=1S/C29H20ClF3N2O4S/c30-18-13-14-24(23(15-18)29(31,32)33)35-27(37)25(17-7-2-1-3-8-17)40-20-10-6-9-19(16-20)34-26(36)21-11-4-5-12-22(21)28(38)39/h1-16,25H,(H,34,36)(H,35,37)(H,38,39). The van der Waals surface area contributed by atoms with Crippen LogP contribution in [-0.2, 0) is 11.0 Å². The Bertz CT molecular complexity index is 1560. The van der Waals surface area contributed by atoms with E-state index in [4.69, 9.17) is 11.6 Å². The van der Waals surface area contributed by atoms with Gasteiger partial charge in [0.05, 0.1) is 22.4 Å². The second kappa shape index (κ2) is 12.3. The number of halogens is 4. The van der Waals surface area contributed by atoms with Crippen LogP contribution in [0.3, 0.4) is 0 Å². The van der Waals surface area contributed by atoms with Crippen LogP contribution in [0, 0.1) is 0 Å². The third-order valence-corrected chi connectivity index (χ3v) is 7.12. The summed E-state index contributed by atoms with van der Waals surface area (Å²) in [6, 6.07) is 23.8. The van der Waals surface area contributed by atoms with Crippen molar-refractivity contribution in [2.45, 2.75) is 16.3 Å². The van der Waals surface area contributed by atoms with Crippen LogP contribution in [0.4, 0.5) is 24.5 Å². The molecule has 1 atom stereocenters. The molecular weight excluding hydrogens is 565 g/mol. The monoisotopic (exact) mass is 584 g/mol. The van der Waals surface area contributed by atoms with Crippen LogP contribution in [0.1, 0.15) is 37.1 Å². The molecule has 0 saturated carbocycles. The summed E-state index contributed by atoms with van der Waals surface area (Å²) in [6.07, 6.45) is -4.74. The quantitative estimate of drug-likeness (QED) is 0.184. The Hall–Kier alpha value is -4.28. The van der Waals surface area contributed by atoms with Gasteiger partial charge in [0.25, 0.3) is 5.91 Å². The molecule has 6 nitrogen and oxygen atoms in total. The zero-order valence-corrected chi connectivity index (χ0v) is 22.0. The first-order chi connectivity index (χ1) is 19.0. The first kappa shape index (κ1) is 28.7. The van der Waals surface area contributed by atoms with E-state index in [2.05, 4.69) is 10.6 Å². The number of thioether (sulfide) groups is 1. The highest BCUT2D eigenvalue weighted by Crippen LogP contribution is 2.40. The molecule has 4 aromatic carbocycles. The minimum absolute atomic E-state index is 0.0296. The maximum Gasteiger partial charge on any atom is 0.418 e. The van der Waals surface area contributed by atoms with E-state index in [9.17, 15) is 32.7 Å². The maximum atomic E-state index is 13.6. The molecule has 2 amide bonds. The molecule has 0 radical (unpaired) electrons. The van der Waals surface area contributed by atoms with Crippen molar-refractivity contribution < 1.29 is 32.7 Å². The minimum Gasteiger partial charge on any atom is -0.478 e. The van der Waals surface area contributed by atoms with Crippen LogP contribution in [0.15, 0.2) is 102 Å². The highest BCUT2D eigenvalue weighted by molar-refractivity contribution is 8.00. The van der Waals surface area contributed by atoms with Crippen molar-refractivity contribution in [3.8, 4) is 0 Å². The second-order valence-electron chi connectivity index (χ2n) is 8.42. The molecule has 0 aliphatic rings. The van der Waals surface area contributed by atoms with Gasteiger partial charge in [-0.3, -0.25) is 9.59 Å². The van der Waals surface area contributed by atoms with Gasteiger partial charge >= 0.3 is 12.1 Å². The third kappa shape index (κ3) is 7.02. The van der Waals surface area contributed by atoms with Gasteiger partial charge in [-0.1, -0.05) is 60.1 Å². The second-order valence-corrected chi connectivity index (χ2v) is 10.0. The van der Waals surface area contributed by atoms with Gasteiger partial charge in [0, 0.05) is 15.6 Å². The summed E-state index contributed by atoms with van der Waals surface area (Å²) in [6.45, 7) is 0. The molecule has 0 aromatic heterocycles. The Morgan fingerprint density at radius 2 is 1.48 bits per heavy atom. The lowest BCUT2D eigenvalue weighted by molar-refractivity contribution is -0.137. The Balaban J connectivity index is 1.60. The summed E-state index contributed by atoms with van der Waals surface area (Å²) < 4.78 is 40.8. The summed E-state index contributed by atoms with van der Waals surface area (Å²) in [5.74, 6) is -2.59. The molecule has 0 heterocycles. The highest BCUT2D eigenvalue weighted by Gasteiger charge is 2.35. The Morgan fingerprint density at radius 3 is 2.15 bits per heavy atom. The summed E-state index contributed by atoms with van der Waals surface area (Å²) in [7, 11) is 0. The Labute approximate surface area is 236 Å². The topological polar surface area (TPSA) is 95.5 Å². The van der Waals surface area contributed by atoms with E-state index in [-0.39, 0.29) is 16.1 Å². The first-order valence-corrected chi connectivity index (χ1v) is 12.9. The van der Waals surface area contributed by atoms with E-state index in [0.29, 0.717) is 16.1 Å². The van der Waals surface area contributed by atoms with Crippen molar-refractivity contribution in [2.75, 3.05) is 10.6 Å². The van der Waals surface area contributed by atoms with Crippen molar-refractivity contribution in [2.24, 2.45) is 0 Å². The fraction of sp³-hybridized carbons (Fsp3) is 0.0690. The summed E-state index contributed by atoms with van der Waals surface area (Å²) in [5, 5.41) is 13.3. The van der Waals surface area contributed by atoms with E-state index in [1.165, 1.54) is 24.3 Å². The van der Waals surface area contributed by atoms with Crippen LogP contribution >= 0.6 is 23.4 Å². The Kier molecular flexibility index (Phi) is 8.81. The molecule has 204 valence electrons. The number of rotatable bonds is 8. The van der Waals surface area contributed by atoms with Crippen LogP contribution in [-0.4, -0.2) is 22.9 Å². The largest absolute Gasteiger partial charge is 0.478 e. The smallest absolute Gasteiger partial charge is 0.418 e. The molecule has 4 rings (SSSR count). The predicted octanol–water partition coefficient (Wildman–Crippen LogP) is 7.78. The number of alkyl halides is 3. The number of amides is 2. The molecule has 1 unspecified atom stereocenters. The lowest BCUT2D eigenvalue weighted by atomic mass is 10.1. The molecule has 0 bridgehead atoms. The number of carbonyl (C=O) groups excluding carboxylic acids is 2. The van der Waals surface area contributed by atoms with E-state index < -0.39 is 40.5 Å². The molecule has 0 saturated heterocycles. The van der Waals surface area contributed by atoms with Crippen LogP contribution in [0.2, 0.25) is 5.02 Å². The van der Waals surface area contributed by atoms with Gasteiger partial charge in [-0.15, -0.1) is 11.8 Å². The summed E-state index contributed by atoms with van der Waals surface area (Å²) >= 11 is 6.83. The van der Waals surface area contributed by atoms with Crippen molar-refractivity contribution in [3.63, 3.8) is 0 Å². The minimum atomic E-state index is -4.74. The number of nitrogens with one attached hydrogen (secondary N) is 2. The molecule has 4 aromatic rings. The number of carboxylic acid groups (broad SMARTS) is 1. The van der Waals surface area contributed by atoms with Crippen LogP contribution < -0.4 is 10.6 Å². The third-order valence-electron chi connectivity index (χ3n) is 5.63. The molecule has 3 N–H and O–H groups in total. The van der Waals surface area contributed by atoms with Crippen LogP contribution in [0.5, 0.6) is 0 Å². The van der Waals surface area contributed by atoms with E-state index in [1.807, 2.05) is 0 Å². The first-order valence-electron chi connectivity index (χ1n) is 11.7. The highest BCUT2D eigenvalue weighted by atomic mass is 35.5. The molecule has 0 aliphatic carbocycles. The lowest BCUT2D eigenvalue weighted by Crippen LogP contribution is -2.21. The van der Waals surface area contributed by atoms with Gasteiger partial charge in [0.1, 0.15) is 5.25 Å². The maximum absolute atomic E-state index is 13.6. The van der Waals surface area contributed by atoms with Gasteiger partial charge in [0.2, 0.25) is 5.91 Å². The number of benzene rings is 4. The molecular formula is C29H20ClF3N2O4S. The van der Waals surface area contributed by atoms with Gasteiger partial charge in [-0.2, -0.15) is 13.2 Å². The lowest BCUT2D eigenvalue weighted by Gasteiger charge is -2.20. The molecule has 0 fully saturated rings. The fourth-order valence-electron chi connectivity index (χ4n) is 3.81. The average molecular weight is 585 g/mol. The zero-order valence-electron chi connectivity index (χ0n) is 20.4. The van der Waals surface area contributed by atoms with Crippen molar-refractivity contribution in [3.05, 3.63) is 124 Å². The van der Waals surface area contributed by atoms with Crippen molar-refractivity contribution in [1.82, 2.24) is 0 Å². The predicted molar refractivity (Wildman–Crippen MR) is 148 cm³/mol. The molecule has 0 spiro atoms. The van der Waals surface area contributed by atoms with Gasteiger partial charge in [-0.25, -0.2) is 4.79 Å². The van der Waals surface area contributed by atoms with Gasteiger partial charge in [-0.05, 0) is 54.1 Å². The number of hydrogen-bond donors (Lipinski definition) is 3. The number of hydrogen-bond acceptors (Lipinski definition) is 4. The molecule has 0 aliphatic heterocycles. The van der Waals surface area contributed by atoms with Crippen LogP contribution in [0.25, 0.3) is 0 Å². The zero-order chi connectivity index (χ0) is 28.9. The molecule has 40 heavy (non-hydrogen) atoms. The van der Waals surface area contributed by atoms with E-state index in [0.717, 1.165) is 23.9 Å². The SMILES string of the molecule is O=C(O)c1ccccc1C(=O)Nc1cccc(SC(C(=O)Nc2ccc(Cl)cc2C(F)(F)F)c2ccccc2)c1. The summed E-state index contributed by atoms with van der Waals surface area (Å²) in [4.78, 5) is 38.2. The van der Waals surface area contributed by atoms with Crippen molar-refractivity contribution in [1.29, 1.82) is 0 Å². The number of carbonyl (C=O) groups is 3. The van der Waals surface area contributed by atoms with Crippen molar-refractivity contribution >= 4 is 52.5 Å². The van der Waals surface area contributed by atoms with E-state index >= 15 is 0 Å². The fourth-order valence-corrected chi connectivity index (χ4v) is 5.06. The summed E-state index contributed by atoms with van der Waals surface area (Å²) in [5.41, 5.74) is -0.820. The Morgan fingerprint density at radius 1 is 0.800 bits per heavy atom. The number of anilines is 2. The van der Waals surface area contributed by atoms with E-state index in [1.54, 1.807) is 60.7 Å². The number of carboxylic acids is 1. The van der Waals surface area contributed by atoms with Gasteiger partial charge in [0.15, 0.2) is 0 Å². The molecule has 11 heteroatoms.